The summed E-state index contributed by atoms with van der Waals surface area (Å²) in [7, 11) is -2.64. The number of sulfone groups is 1. The van der Waals surface area contributed by atoms with E-state index in [2.05, 4.69) is 10.3 Å². The Morgan fingerprint density at radius 2 is 2.04 bits per heavy atom. The van der Waals surface area contributed by atoms with Crippen molar-refractivity contribution in [1.82, 2.24) is 19.8 Å². The summed E-state index contributed by atoms with van der Waals surface area (Å²) in [6, 6.07) is 5.49. The van der Waals surface area contributed by atoms with Crippen molar-refractivity contribution in [1.29, 1.82) is 0 Å². The summed E-state index contributed by atoms with van der Waals surface area (Å²) in [5, 5.41) is 3.25. The Morgan fingerprint density at radius 3 is 2.63 bits per heavy atom. The smallest absolute Gasteiger partial charge is 0.336 e. The van der Waals surface area contributed by atoms with Gasteiger partial charge in [-0.05, 0) is 17.7 Å². The van der Waals surface area contributed by atoms with E-state index in [-0.39, 0.29) is 17.5 Å². The average molecular weight is 398 g/mol. The molecule has 0 radical (unpaired) electrons. The van der Waals surface area contributed by atoms with Crippen LogP contribution in [0.1, 0.15) is 27.8 Å². The first-order valence-corrected chi connectivity index (χ1v) is 10.1. The van der Waals surface area contributed by atoms with Crippen molar-refractivity contribution in [2.45, 2.75) is 17.6 Å². The van der Waals surface area contributed by atoms with Gasteiger partial charge in [0.2, 0.25) is 9.84 Å². The number of imidazole rings is 1. The van der Waals surface area contributed by atoms with Gasteiger partial charge in [0.25, 0.3) is 5.91 Å². The summed E-state index contributed by atoms with van der Waals surface area (Å²) in [5.41, 5.74) is 0.585. The third-order valence-corrected chi connectivity index (χ3v) is 5.78. The number of aromatic nitrogens is 2. The number of nitrogens with one attached hydrogen (secondary N) is 1. The molecule has 2 aromatic rings. The van der Waals surface area contributed by atoms with Crippen molar-refractivity contribution in [3.63, 3.8) is 0 Å². The Kier molecular flexibility index (Phi) is 5.56. The molecule has 1 atom stereocenters. The van der Waals surface area contributed by atoms with Crippen molar-refractivity contribution in [3.8, 4) is 0 Å². The minimum atomic E-state index is -4.50. The van der Waals surface area contributed by atoms with Crippen LogP contribution in [0.4, 0.5) is 8.78 Å². The Balaban J connectivity index is 1.79. The number of nitrogens with zero attached hydrogens (tertiary/aromatic N) is 3. The highest BCUT2D eigenvalue weighted by Gasteiger charge is 2.31. The number of aryl methyl sites for hydroxylation is 1. The number of benzene rings is 1. The lowest BCUT2D eigenvalue weighted by atomic mass is 10.1. The quantitative estimate of drug-likeness (QED) is 0.822. The standard InChI is InChI=1S/C17H20F2N4O3S/c1-22-8-7-21-15(22)14-10-20-6-9-23(14)16(24)13-4-2-12(3-5-13)11-27(25,26)17(18)19/h2-5,7-8,14,17,20H,6,9-11H2,1H3. The van der Waals surface area contributed by atoms with E-state index in [0.29, 0.717) is 25.2 Å². The van der Waals surface area contributed by atoms with Gasteiger partial charge in [-0.3, -0.25) is 4.79 Å². The van der Waals surface area contributed by atoms with E-state index in [1.54, 1.807) is 11.1 Å². The summed E-state index contributed by atoms with van der Waals surface area (Å²) in [6.45, 7) is 1.72. The molecule has 1 saturated heterocycles. The second kappa shape index (κ2) is 7.73. The maximum absolute atomic E-state index is 12.9. The van der Waals surface area contributed by atoms with E-state index >= 15 is 0 Å². The molecule has 10 heteroatoms. The Bertz CT molecular complexity index is 913. The molecule has 0 bridgehead atoms. The first-order valence-electron chi connectivity index (χ1n) is 8.37. The number of amides is 1. The summed E-state index contributed by atoms with van der Waals surface area (Å²) >= 11 is 0. The molecule has 1 N–H and O–H groups in total. The van der Waals surface area contributed by atoms with Gasteiger partial charge in [0, 0.05) is 44.6 Å². The number of alkyl halides is 2. The van der Waals surface area contributed by atoms with Gasteiger partial charge in [0.1, 0.15) is 11.9 Å². The lowest BCUT2D eigenvalue weighted by Gasteiger charge is -2.35. The fourth-order valence-electron chi connectivity index (χ4n) is 3.08. The van der Waals surface area contributed by atoms with Gasteiger partial charge in [0.05, 0.1) is 5.75 Å². The maximum atomic E-state index is 12.9. The van der Waals surface area contributed by atoms with Gasteiger partial charge in [-0.2, -0.15) is 8.78 Å². The second-order valence-electron chi connectivity index (χ2n) is 6.38. The number of hydrogen-bond donors (Lipinski definition) is 1. The van der Waals surface area contributed by atoms with Gasteiger partial charge in [-0.15, -0.1) is 0 Å². The molecule has 146 valence electrons. The zero-order valence-electron chi connectivity index (χ0n) is 14.7. The number of piperazine rings is 1. The van der Waals surface area contributed by atoms with Crippen LogP contribution in [-0.2, 0) is 22.6 Å². The minimum Gasteiger partial charge on any atom is -0.336 e. The van der Waals surface area contributed by atoms with Crippen LogP contribution >= 0.6 is 0 Å². The maximum Gasteiger partial charge on any atom is 0.337 e. The van der Waals surface area contributed by atoms with E-state index in [0.717, 1.165) is 5.82 Å². The molecular weight excluding hydrogens is 378 g/mol. The molecule has 1 fully saturated rings. The largest absolute Gasteiger partial charge is 0.337 e. The second-order valence-corrected chi connectivity index (χ2v) is 8.35. The number of carbonyl (C=O) groups is 1. The van der Waals surface area contributed by atoms with Crippen LogP contribution in [0.15, 0.2) is 36.7 Å². The van der Waals surface area contributed by atoms with E-state index < -0.39 is 21.3 Å². The molecule has 3 rings (SSSR count). The van der Waals surface area contributed by atoms with Crippen molar-refractivity contribution >= 4 is 15.7 Å². The van der Waals surface area contributed by atoms with Crippen LogP contribution in [0.3, 0.4) is 0 Å². The van der Waals surface area contributed by atoms with E-state index in [4.69, 9.17) is 0 Å². The zero-order valence-corrected chi connectivity index (χ0v) is 15.5. The summed E-state index contributed by atoms with van der Waals surface area (Å²) in [6.07, 6.45) is 3.48. The van der Waals surface area contributed by atoms with E-state index in [9.17, 15) is 22.0 Å². The van der Waals surface area contributed by atoms with Crippen molar-refractivity contribution in [2.75, 3.05) is 19.6 Å². The first-order chi connectivity index (χ1) is 12.8. The van der Waals surface area contributed by atoms with Crippen LogP contribution in [0.2, 0.25) is 0 Å². The van der Waals surface area contributed by atoms with Gasteiger partial charge >= 0.3 is 5.76 Å². The predicted octanol–water partition coefficient (Wildman–Crippen LogP) is 1.34. The highest BCUT2D eigenvalue weighted by Crippen LogP contribution is 2.23. The van der Waals surface area contributed by atoms with Crippen molar-refractivity contribution in [2.24, 2.45) is 7.05 Å². The molecule has 1 unspecified atom stereocenters. The zero-order chi connectivity index (χ0) is 19.6. The van der Waals surface area contributed by atoms with Gasteiger partial charge in [-0.1, -0.05) is 12.1 Å². The molecule has 1 aliphatic rings. The van der Waals surface area contributed by atoms with Gasteiger partial charge in [-0.25, -0.2) is 13.4 Å². The Labute approximate surface area is 155 Å². The molecule has 0 spiro atoms. The Morgan fingerprint density at radius 1 is 1.33 bits per heavy atom. The monoisotopic (exact) mass is 398 g/mol. The third kappa shape index (κ3) is 4.16. The topological polar surface area (TPSA) is 84.3 Å². The number of hydrogen-bond acceptors (Lipinski definition) is 5. The molecule has 7 nitrogen and oxygen atoms in total. The van der Waals surface area contributed by atoms with E-state index in [1.807, 2.05) is 17.8 Å². The van der Waals surface area contributed by atoms with Crippen LogP contribution in [0, 0.1) is 0 Å². The van der Waals surface area contributed by atoms with Gasteiger partial charge in [0.15, 0.2) is 0 Å². The normalized spacial score (nSPS) is 18.1. The molecule has 1 aromatic heterocycles. The molecule has 2 heterocycles. The van der Waals surface area contributed by atoms with Crippen LogP contribution in [0.25, 0.3) is 0 Å². The highest BCUT2D eigenvalue weighted by molar-refractivity contribution is 7.90. The molecule has 1 aromatic carbocycles. The fraction of sp³-hybridized carbons (Fsp3) is 0.412. The van der Waals surface area contributed by atoms with Gasteiger partial charge < -0.3 is 14.8 Å². The predicted molar refractivity (Wildman–Crippen MR) is 94.9 cm³/mol. The number of carbonyl (C=O) groups excluding carboxylic acids is 1. The molecule has 27 heavy (non-hydrogen) atoms. The molecule has 0 saturated carbocycles. The number of halogens is 2. The van der Waals surface area contributed by atoms with Crippen molar-refractivity contribution in [3.05, 3.63) is 53.6 Å². The molecule has 1 aliphatic heterocycles. The van der Waals surface area contributed by atoms with Crippen LogP contribution in [0.5, 0.6) is 0 Å². The summed E-state index contributed by atoms with van der Waals surface area (Å²) in [5.74, 6) is -3.64. The SMILES string of the molecule is Cn1ccnc1C1CNCCN1C(=O)c1ccc(CS(=O)(=O)C(F)F)cc1. The highest BCUT2D eigenvalue weighted by atomic mass is 32.2. The Hall–Kier alpha value is -2.33. The average Bonchev–Trinajstić information content (AvgIpc) is 3.07. The van der Waals surface area contributed by atoms with Crippen molar-refractivity contribution < 1.29 is 22.0 Å². The molecule has 1 amide bonds. The fourth-order valence-corrected chi connectivity index (χ4v) is 3.86. The van der Waals surface area contributed by atoms with E-state index in [1.165, 1.54) is 24.3 Å². The third-order valence-electron chi connectivity index (χ3n) is 4.50. The summed E-state index contributed by atoms with van der Waals surface area (Å²) < 4.78 is 49.5. The molecular formula is C17H20F2N4O3S. The number of rotatable bonds is 5. The first kappa shape index (κ1) is 19.4. The van der Waals surface area contributed by atoms with Crippen LogP contribution in [-0.4, -0.2) is 54.2 Å². The lowest BCUT2D eigenvalue weighted by Crippen LogP contribution is -2.49. The molecule has 0 aliphatic carbocycles. The van der Waals surface area contributed by atoms with Crippen LogP contribution < -0.4 is 5.32 Å². The lowest BCUT2D eigenvalue weighted by molar-refractivity contribution is 0.0621. The minimum absolute atomic E-state index is 0.215. The summed E-state index contributed by atoms with van der Waals surface area (Å²) in [4.78, 5) is 19.0.